The predicted molar refractivity (Wildman–Crippen MR) is 56.1 cm³/mol. The first kappa shape index (κ1) is 11.0. The Bertz CT molecular complexity index is 223. The molecule has 0 saturated heterocycles. The molecule has 1 aliphatic carbocycles. The zero-order valence-corrected chi connectivity index (χ0v) is 8.35. The topological polar surface area (TPSA) is 40.5 Å². The van der Waals surface area contributed by atoms with E-state index in [0.717, 1.165) is 12.8 Å². The molecule has 0 aromatic carbocycles. The van der Waals surface area contributed by atoms with Crippen LogP contribution in [0.4, 0.5) is 0 Å². The molecule has 1 fully saturated rings. The van der Waals surface area contributed by atoms with Gasteiger partial charge in [-0.1, -0.05) is 12.2 Å². The molecular formula is C11H17NO2. The van der Waals surface area contributed by atoms with Crippen LogP contribution >= 0.6 is 0 Å². The lowest BCUT2D eigenvalue weighted by molar-refractivity contribution is -0.143. The van der Waals surface area contributed by atoms with Gasteiger partial charge < -0.3 is 5.11 Å². The highest BCUT2D eigenvalue weighted by molar-refractivity contribution is 5.74. The van der Waals surface area contributed by atoms with Gasteiger partial charge in [0.2, 0.25) is 0 Å². The van der Waals surface area contributed by atoms with Gasteiger partial charge in [0.1, 0.15) is 6.04 Å². The summed E-state index contributed by atoms with van der Waals surface area (Å²) in [7, 11) is 0. The van der Waals surface area contributed by atoms with Crippen LogP contribution in [0.25, 0.3) is 0 Å². The third kappa shape index (κ3) is 2.70. The molecule has 0 bridgehead atoms. The van der Waals surface area contributed by atoms with Gasteiger partial charge in [0.15, 0.2) is 0 Å². The Labute approximate surface area is 84.7 Å². The molecule has 0 spiro atoms. The Hall–Kier alpha value is -1.09. The second-order valence-electron chi connectivity index (χ2n) is 3.65. The van der Waals surface area contributed by atoms with Gasteiger partial charge in [-0.05, 0) is 18.8 Å². The summed E-state index contributed by atoms with van der Waals surface area (Å²) in [5.41, 5.74) is 0. The molecule has 0 amide bonds. The molecule has 1 saturated carbocycles. The van der Waals surface area contributed by atoms with Crippen molar-refractivity contribution in [2.45, 2.75) is 18.9 Å². The standard InChI is InChI=1S/C11H17NO2/c1-3-7-12(8-4-2)10(11(13)14)9-5-6-9/h3-4,9-10H,1-2,5-8H2,(H,13,14). The van der Waals surface area contributed by atoms with E-state index in [1.165, 1.54) is 0 Å². The van der Waals surface area contributed by atoms with Crippen molar-refractivity contribution >= 4 is 5.97 Å². The van der Waals surface area contributed by atoms with Gasteiger partial charge in [0, 0.05) is 13.1 Å². The van der Waals surface area contributed by atoms with Crippen molar-refractivity contribution in [3.63, 3.8) is 0 Å². The van der Waals surface area contributed by atoms with Crippen LogP contribution in [0, 0.1) is 5.92 Å². The first-order valence-corrected chi connectivity index (χ1v) is 4.89. The quantitative estimate of drug-likeness (QED) is 0.626. The fourth-order valence-electron chi connectivity index (χ4n) is 1.70. The van der Waals surface area contributed by atoms with Crippen LogP contribution in [0.3, 0.4) is 0 Å². The zero-order chi connectivity index (χ0) is 10.6. The maximum Gasteiger partial charge on any atom is 0.321 e. The Balaban J connectivity index is 2.64. The van der Waals surface area contributed by atoms with Crippen molar-refractivity contribution in [2.75, 3.05) is 13.1 Å². The van der Waals surface area contributed by atoms with Gasteiger partial charge in [-0.2, -0.15) is 0 Å². The van der Waals surface area contributed by atoms with Gasteiger partial charge in [-0.15, -0.1) is 13.2 Å². The van der Waals surface area contributed by atoms with Crippen molar-refractivity contribution in [3.8, 4) is 0 Å². The third-order valence-electron chi connectivity index (χ3n) is 2.44. The molecule has 14 heavy (non-hydrogen) atoms. The molecule has 1 unspecified atom stereocenters. The number of carbonyl (C=O) groups is 1. The molecular weight excluding hydrogens is 178 g/mol. The van der Waals surface area contributed by atoms with E-state index in [-0.39, 0.29) is 6.04 Å². The molecule has 3 nitrogen and oxygen atoms in total. The maximum atomic E-state index is 11.1. The van der Waals surface area contributed by atoms with Crippen LogP contribution in [0.1, 0.15) is 12.8 Å². The van der Waals surface area contributed by atoms with Crippen LogP contribution in [-0.4, -0.2) is 35.1 Å². The number of hydrogen-bond donors (Lipinski definition) is 1. The van der Waals surface area contributed by atoms with Crippen LogP contribution < -0.4 is 0 Å². The molecule has 0 aliphatic heterocycles. The monoisotopic (exact) mass is 195 g/mol. The smallest absolute Gasteiger partial charge is 0.321 e. The van der Waals surface area contributed by atoms with E-state index in [4.69, 9.17) is 5.11 Å². The fourth-order valence-corrected chi connectivity index (χ4v) is 1.70. The minimum Gasteiger partial charge on any atom is -0.480 e. The van der Waals surface area contributed by atoms with Crippen LogP contribution in [0.2, 0.25) is 0 Å². The number of aliphatic carboxylic acids is 1. The molecule has 1 rings (SSSR count). The molecule has 0 aromatic rings. The van der Waals surface area contributed by atoms with E-state index in [9.17, 15) is 4.79 Å². The number of hydrogen-bond acceptors (Lipinski definition) is 2. The van der Waals surface area contributed by atoms with E-state index < -0.39 is 5.97 Å². The summed E-state index contributed by atoms with van der Waals surface area (Å²) in [6.07, 6.45) is 5.53. The molecule has 1 atom stereocenters. The van der Waals surface area contributed by atoms with Crippen molar-refractivity contribution in [1.82, 2.24) is 4.90 Å². The Morgan fingerprint density at radius 2 is 1.93 bits per heavy atom. The highest BCUT2D eigenvalue weighted by atomic mass is 16.4. The first-order valence-electron chi connectivity index (χ1n) is 4.89. The van der Waals surface area contributed by atoms with Crippen LogP contribution in [-0.2, 0) is 4.79 Å². The zero-order valence-electron chi connectivity index (χ0n) is 8.35. The molecule has 1 N–H and O–H groups in total. The van der Waals surface area contributed by atoms with E-state index in [2.05, 4.69) is 13.2 Å². The number of nitrogens with zero attached hydrogens (tertiary/aromatic N) is 1. The number of rotatable bonds is 7. The van der Waals surface area contributed by atoms with Gasteiger partial charge in [-0.25, -0.2) is 0 Å². The predicted octanol–water partition coefficient (Wildman–Crippen LogP) is 1.52. The lowest BCUT2D eigenvalue weighted by Crippen LogP contribution is -2.43. The Morgan fingerprint density at radius 3 is 2.21 bits per heavy atom. The maximum absolute atomic E-state index is 11.1. The van der Waals surface area contributed by atoms with Gasteiger partial charge in [0.05, 0.1) is 0 Å². The van der Waals surface area contributed by atoms with Crippen LogP contribution in [0.15, 0.2) is 25.3 Å². The highest BCUT2D eigenvalue weighted by Crippen LogP contribution is 2.35. The third-order valence-corrected chi connectivity index (χ3v) is 2.44. The lowest BCUT2D eigenvalue weighted by Gasteiger charge is -2.26. The summed E-state index contributed by atoms with van der Waals surface area (Å²) in [6, 6.07) is -0.356. The van der Waals surface area contributed by atoms with Gasteiger partial charge >= 0.3 is 5.97 Å². The largest absolute Gasteiger partial charge is 0.480 e. The summed E-state index contributed by atoms with van der Waals surface area (Å²) in [5, 5.41) is 9.10. The lowest BCUT2D eigenvalue weighted by atomic mass is 10.1. The minimum absolute atomic E-state index is 0.326. The normalized spacial score (nSPS) is 17.8. The van der Waals surface area contributed by atoms with Crippen molar-refractivity contribution in [1.29, 1.82) is 0 Å². The van der Waals surface area contributed by atoms with Crippen molar-refractivity contribution in [2.24, 2.45) is 5.92 Å². The molecule has 78 valence electrons. The van der Waals surface area contributed by atoms with Gasteiger partial charge in [-0.3, -0.25) is 9.69 Å². The second-order valence-corrected chi connectivity index (χ2v) is 3.65. The van der Waals surface area contributed by atoms with Crippen LogP contribution in [0.5, 0.6) is 0 Å². The van der Waals surface area contributed by atoms with Crippen molar-refractivity contribution in [3.05, 3.63) is 25.3 Å². The molecule has 1 aliphatic rings. The van der Waals surface area contributed by atoms with Gasteiger partial charge in [0.25, 0.3) is 0 Å². The van der Waals surface area contributed by atoms with E-state index >= 15 is 0 Å². The summed E-state index contributed by atoms with van der Waals surface area (Å²) < 4.78 is 0. The SMILES string of the molecule is C=CCN(CC=C)C(C(=O)O)C1CC1. The molecule has 3 heteroatoms. The van der Waals surface area contributed by atoms with E-state index in [1.807, 2.05) is 4.90 Å². The molecule has 0 aromatic heterocycles. The summed E-state index contributed by atoms with van der Waals surface area (Å²) in [5.74, 6) is -0.399. The first-order chi connectivity index (χ1) is 6.70. The molecule has 0 radical (unpaired) electrons. The number of carboxylic acid groups (broad SMARTS) is 1. The summed E-state index contributed by atoms with van der Waals surface area (Å²) in [6.45, 7) is 8.49. The minimum atomic E-state index is -0.726. The fraction of sp³-hybridized carbons (Fsp3) is 0.545. The highest BCUT2D eigenvalue weighted by Gasteiger charge is 2.39. The molecule has 0 heterocycles. The summed E-state index contributed by atoms with van der Waals surface area (Å²) in [4.78, 5) is 13.0. The number of carboxylic acids is 1. The van der Waals surface area contributed by atoms with E-state index in [0.29, 0.717) is 19.0 Å². The van der Waals surface area contributed by atoms with Crippen molar-refractivity contribution < 1.29 is 9.90 Å². The average Bonchev–Trinajstić information content (AvgIpc) is 2.89. The Morgan fingerprint density at radius 1 is 1.43 bits per heavy atom. The second kappa shape index (κ2) is 4.96. The summed E-state index contributed by atoms with van der Waals surface area (Å²) >= 11 is 0. The van der Waals surface area contributed by atoms with E-state index in [1.54, 1.807) is 12.2 Å². The average molecular weight is 195 g/mol. The Kier molecular flexibility index (Phi) is 3.89.